The summed E-state index contributed by atoms with van der Waals surface area (Å²) >= 11 is 1.44. The third kappa shape index (κ3) is 1.92. The molecule has 2 aromatic heterocycles. The number of likely N-dealkylation sites (tertiary alicyclic amines) is 1. The Hall–Kier alpha value is -1.11. The van der Waals surface area contributed by atoms with Crippen molar-refractivity contribution in [1.82, 2.24) is 19.2 Å². The average molecular weight is 249 g/mol. The Morgan fingerprint density at radius 1 is 1.53 bits per heavy atom. The molecule has 1 aliphatic heterocycles. The molecule has 17 heavy (non-hydrogen) atoms. The molecule has 0 aliphatic carbocycles. The molecule has 3 heterocycles. The van der Waals surface area contributed by atoms with Crippen molar-refractivity contribution in [3.8, 4) is 0 Å². The smallest absolute Gasteiger partial charge is 0.147 e. The van der Waals surface area contributed by atoms with Gasteiger partial charge in [-0.05, 0) is 38.0 Å². The highest BCUT2D eigenvalue weighted by Crippen LogP contribution is 2.33. The van der Waals surface area contributed by atoms with Gasteiger partial charge in [0.15, 0.2) is 0 Å². The fraction of sp³-hybridized carbons (Fsp3) is 0.545. The predicted molar refractivity (Wildman–Crippen MR) is 67.8 cm³/mol. The number of hydrogen-bond donors (Lipinski definition) is 1. The van der Waals surface area contributed by atoms with Crippen molar-refractivity contribution in [1.29, 1.82) is 0 Å². The predicted octanol–water partition coefficient (Wildman–Crippen LogP) is 1.18. The highest BCUT2D eigenvalue weighted by molar-refractivity contribution is 7.12. The summed E-state index contributed by atoms with van der Waals surface area (Å²) in [4.78, 5) is 11.6. The average Bonchev–Trinajstić information content (AvgIpc) is 2.76. The zero-order valence-electron chi connectivity index (χ0n) is 9.71. The first-order valence-electron chi connectivity index (χ1n) is 5.77. The maximum atomic E-state index is 6.06. The van der Waals surface area contributed by atoms with Crippen LogP contribution in [-0.4, -0.2) is 38.9 Å². The van der Waals surface area contributed by atoms with E-state index < -0.39 is 0 Å². The van der Waals surface area contributed by atoms with Crippen LogP contribution in [0.15, 0.2) is 12.5 Å². The monoisotopic (exact) mass is 249 g/mol. The highest BCUT2D eigenvalue weighted by Gasteiger charge is 2.28. The molecule has 0 bridgehead atoms. The molecule has 0 spiro atoms. The quantitative estimate of drug-likeness (QED) is 0.822. The van der Waals surface area contributed by atoms with Crippen molar-refractivity contribution < 1.29 is 0 Å². The molecule has 1 saturated heterocycles. The molecule has 1 fully saturated rings. The fourth-order valence-electron chi connectivity index (χ4n) is 2.38. The summed E-state index contributed by atoms with van der Waals surface area (Å²) in [5, 5.41) is 1.07. The molecule has 0 saturated carbocycles. The van der Waals surface area contributed by atoms with Gasteiger partial charge in [0.2, 0.25) is 0 Å². The van der Waals surface area contributed by atoms with Crippen LogP contribution in [0, 0.1) is 0 Å². The summed E-state index contributed by atoms with van der Waals surface area (Å²) in [5.74, 6) is 0. The van der Waals surface area contributed by atoms with Crippen LogP contribution in [-0.2, 0) is 0 Å². The SMILES string of the molecule is CN1CCC(N)CC1c1nsc2ncncc12. The number of aromatic nitrogens is 3. The molecule has 2 N–H and O–H groups in total. The van der Waals surface area contributed by atoms with Crippen molar-refractivity contribution in [3.05, 3.63) is 18.2 Å². The van der Waals surface area contributed by atoms with Gasteiger partial charge in [0.05, 0.1) is 17.1 Å². The van der Waals surface area contributed by atoms with E-state index in [0.717, 1.165) is 35.3 Å². The van der Waals surface area contributed by atoms with Crippen LogP contribution in [0.3, 0.4) is 0 Å². The van der Waals surface area contributed by atoms with Crippen LogP contribution >= 0.6 is 11.5 Å². The molecule has 1 aliphatic rings. The largest absolute Gasteiger partial charge is 0.328 e. The van der Waals surface area contributed by atoms with Crippen molar-refractivity contribution in [2.45, 2.75) is 24.9 Å². The number of piperidine rings is 1. The van der Waals surface area contributed by atoms with Gasteiger partial charge in [0.25, 0.3) is 0 Å². The maximum Gasteiger partial charge on any atom is 0.147 e. The van der Waals surface area contributed by atoms with Gasteiger partial charge < -0.3 is 5.73 Å². The Balaban J connectivity index is 2.02. The van der Waals surface area contributed by atoms with E-state index in [1.165, 1.54) is 11.5 Å². The summed E-state index contributed by atoms with van der Waals surface area (Å²) in [6.07, 6.45) is 5.45. The second-order valence-corrected chi connectivity index (χ2v) is 5.34. The number of fused-ring (bicyclic) bond motifs is 1. The molecule has 2 unspecified atom stereocenters. The second kappa shape index (κ2) is 4.29. The third-order valence-electron chi connectivity index (χ3n) is 3.41. The Morgan fingerprint density at radius 3 is 3.29 bits per heavy atom. The molecular formula is C11H15N5S. The van der Waals surface area contributed by atoms with Crippen molar-refractivity contribution in [3.63, 3.8) is 0 Å². The Kier molecular flexibility index (Phi) is 2.78. The van der Waals surface area contributed by atoms with Crippen LogP contribution in [0.25, 0.3) is 10.2 Å². The zero-order valence-corrected chi connectivity index (χ0v) is 10.5. The van der Waals surface area contributed by atoms with E-state index >= 15 is 0 Å². The maximum absolute atomic E-state index is 6.06. The number of rotatable bonds is 1. The van der Waals surface area contributed by atoms with Gasteiger partial charge in [-0.1, -0.05) is 0 Å². The lowest BCUT2D eigenvalue weighted by Gasteiger charge is -2.34. The molecular weight excluding hydrogens is 234 g/mol. The fourth-order valence-corrected chi connectivity index (χ4v) is 3.13. The number of nitrogens with zero attached hydrogens (tertiary/aromatic N) is 4. The Morgan fingerprint density at radius 2 is 2.41 bits per heavy atom. The van der Waals surface area contributed by atoms with Crippen molar-refractivity contribution in [2.75, 3.05) is 13.6 Å². The summed E-state index contributed by atoms with van der Waals surface area (Å²) in [7, 11) is 2.13. The van der Waals surface area contributed by atoms with Gasteiger partial charge in [0, 0.05) is 12.2 Å². The van der Waals surface area contributed by atoms with E-state index in [1.807, 2.05) is 6.20 Å². The molecule has 3 rings (SSSR count). The summed E-state index contributed by atoms with van der Waals surface area (Å²) in [6.45, 7) is 1.03. The zero-order chi connectivity index (χ0) is 11.8. The highest BCUT2D eigenvalue weighted by atomic mass is 32.1. The topological polar surface area (TPSA) is 67.9 Å². The van der Waals surface area contributed by atoms with Crippen LogP contribution in [0.4, 0.5) is 0 Å². The first-order valence-corrected chi connectivity index (χ1v) is 6.54. The van der Waals surface area contributed by atoms with E-state index in [1.54, 1.807) is 6.33 Å². The van der Waals surface area contributed by atoms with Crippen LogP contribution in [0.1, 0.15) is 24.6 Å². The molecule has 0 radical (unpaired) electrons. The molecule has 5 nitrogen and oxygen atoms in total. The number of hydrogen-bond acceptors (Lipinski definition) is 6. The minimum absolute atomic E-state index is 0.276. The lowest BCUT2D eigenvalue weighted by Crippen LogP contribution is -2.40. The lowest BCUT2D eigenvalue weighted by molar-refractivity contribution is 0.170. The summed E-state index contributed by atoms with van der Waals surface area (Å²) < 4.78 is 4.55. The van der Waals surface area contributed by atoms with Gasteiger partial charge >= 0.3 is 0 Å². The Bertz CT molecular complexity index is 525. The Labute approximate surface area is 104 Å². The van der Waals surface area contributed by atoms with Gasteiger partial charge in [-0.2, -0.15) is 4.37 Å². The third-order valence-corrected chi connectivity index (χ3v) is 4.19. The van der Waals surface area contributed by atoms with Crippen LogP contribution < -0.4 is 5.73 Å². The minimum Gasteiger partial charge on any atom is -0.328 e. The second-order valence-electron chi connectivity index (χ2n) is 4.59. The van der Waals surface area contributed by atoms with Gasteiger partial charge in [-0.15, -0.1) is 0 Å². The van der Waals surface area contributed by atoms with Crippen molar-refractivity contribution >= 4 is 21.7 Å². The van der Waals surface area contributed by atoms with Gasteiger partial charge in [-0.25, -0.2) is 9.97 Å². The van der Waals surface area contributed by atoms with E-state index in [-0.39, 0.29) is 6.04 Å². The van der Waals surface area contributed by atoms with Crippen LogP contribution in [0.5, 0.6) is 0 Å². The first-order chi connectivity index (χ1) is 8.25. The minimum atomic E-state index is 0.276. The molecule has 0 aromatic carbocycles. The van der Waals surface area contributed by atoms with Gasteiger partial charge in [-0.3, -0.25) is 4.90 Å². The molecule has 6 heteroatoms. The number of nitrogens with two attached hydrogens (primary N) is 1. The molecule has 2 atom stereocenters. The van der Waals surface area contributed by atoms with E-state index in [2.05, 4.69) is 26.3 Å². The standard InChI is InChI=1S/C11H15N5S/c1-16-3-2-7(12)4-9(16)10-8-5-13-6-14-11(8)17-15-10/h5-7,9H,2-4,12H2,1H3. The van der Waals surface area contributed by atoms with E-state index in [4.69, 9.17) is 5.73 Å². The van der Waals surface area contributed by atoms with E-state index in [9.17, 15) is 0 Å². The molecule has 2 aromatic rings. The normalized spacial score (nSPS) is 26.5. The lowest BCUT2D eigenvalue weighted by atomic mass is 9.95. The van der Waals surface area contributed by atoms with E-state index in [0.29, 0.717) is 6.04 Å². The molecule has 0 amide bonds. The summed E-state index contributed by atoms with van der Waals surface area (Å²) in [6, 6.07) is 0.580. The summed E-state index contributed by atoms with van der Waals surface area (Å²) in [5.41, 5.74) is 7.14. The van der Waals surface area contributed by atoms with Crippen LogP contribution in [0.2, 0.25) is 0 Å². The molecule has 90 valence electrons. The first kappa shape index (κ1) is 11.0. The van der Waals surface area contributed by atoms with Crippen molar-refractivity contribution in [2.24, 2.45) is 5.73 Å². The van der Waals surface area contributed by atoms with Gasteiger partial charge in [0.1, 0.15) is 11.2 Å².